The van der Waals surface area contributed by atoms with Gasteiger partial charge < -0.3 is 0 Å². The van der Waals surface area contributed by atoms with Gasteiger partial charge in [-0.25, -0.2) is 0 Å². The number of nitrogens with two attached hydrogens (primary N) is 1. The second-order valence-corrected chi connectivity index (χ2v) is 5.58. The van der Waals surface area contributed by atoms with E-state index in [0.717, 1.165) is 5.75 Å². The molecule has 96 valence electrons. The Labute approximate surface area is 109 Å². The van der Waals surface area contributed by atoms with E-state index in [9.17, 15) is 0 Å². The van der Waals surface area contributed by atoms with Crippen LogP contribution in [0.15, 0.2) is 29.2 Å². The average molecular weight is 252 g/mol. The number of nitrogens with one attached hydrogen (secondary N) is 1. The molecule has 0 bridgehead atoms. The Kier molecular flexibility index (Phi) is 7.33. The van der Waals surface area contributed by atoms with Crippen molar-refractivity contribution in [1.82, 2.24) is 5.43 Å². The van der Waals surface area contributed by atoms with E-state index in [1.165, 1.54) is 36.1 Å². The van der Waals surface area contributed by atoms with Crippen LogP contribution in [0.3, 0.4) is 0 Å². The van der Waals surface area contributed by atoms with Crippen molar-refractivity contribution >= 4 is 11.8 Å². The lowest BCUT2D eigenvalue weighted by atomic mass is 10.1. The molecule has 2 nitrogen and oxygen atoms in total. The molecule has 0 aliphatic rings. The molecule has 3 N–H and O–H groups in total. The van der Waals surface area contributed by atoms with E-state index in [2.05, 4.69) is 43.5 Å². The first-order valence-corrected chi connectivity index (χ1v) is 7.40. The lowest BCUT2D eigenvalue weighted by Crippen LogP contribution is -2.36. The molecule has 0 aliphatic heterocycles. The van der Waals surface area contributed by atoms with Gasteiger partial charge in [-0.3, -0.25) is 11.3 Å². The van der Waals surface area contributed by atoms with Crippen molar-refractivity contribution in [2.45, 2.75) is 50.5 Å². The van der Waals surface area contributed by atoms with Crippen LogP contribution in [0.4, 0.5) is 0 Å². The first-order chi connectivity index (χ1) is 8.26. The summed E-state index contributed by atoms with van der Waals surface area (Å²) in [5.74, 6) is 6.62. The Morgan fingerprint density at radius 3 is 2.53 bits per heavy atom. The summed E-state index contributed by atoms with van der Waals surface area (Å²) in [5, 5.41) is 0. The zero-order valence-corrected chi connectivity index (χ0v) is 11.7. The van der Waals surface area contributed by atoms with Gasteiger partial charge in [0.25, 0.3) is 0 Å². The molecule has 0 aliphatic carbocycles. The number of aryl methyl sites for hydroxylation is 1. The maximum atomic E-state index is 5.58. The summed E-state index contributed by atoms with van der Waals surface area (Å²) in [4.78, 5) is 1.33. The third kappa shape index (κ3) is 6.10. The van der Waals surface area contributed by atoms with Gasteiger partial charge in [0.05, 0.1) is 0 Å². The van der Waals surface area contributed by atoms with E-state index in [1.54, 1.807) is 0 Å². The lowest BCUT2D eigenvalue weighted by molar-refractivity contribution is 0.507. The summed E-state index contributed by atoms with van der Waals surface area (Å²) >= 11 is 1.88. The van der Waals surface area contributed by atoms with E-state index in [4.69, 9.17) is 5.84 Å². The Bertz CT molecular complexity index is 298. The second-order valence-electron chi connectivity index (χ2n) is 4.48. The molecule has 0 amide bonds. The van der Waals surface area contributed by atoms with Gasteiger partial charge in [-0.1, -0.05) is 43.9 Å². The smallest absolute Gasteiger partial charge is 0.0304 e. The number of unbranched alkanes of at least 4 members (excludes halogenated alkanes) is 2. The normalized spacial score (nSPS) is 12.6. The van der Waals surface area contributed by atoms with E-state index in [-0.39, 0.29) is 0 Å². The standard InChI is InChI=1S/C14H24N2S/c1-3-4-5-6-13(16-15)11-17-14-9-7-12(2)8-10-14/h7-10,13,16H,3-6,11,15H2,1-2H3. The molecule has 0 heterocycles. The average Bonchev–Trinajstić information content (AvgIpc) is 2.35. The molecule has 0 aromatic heterocycles. The van der Waals surface area contributed by atoms with Crippen LogP contribution < -0.4 is 11.3 Å². The number of hydrogen-bond donors (Lipinski definition) is 2. The van der Waals surface area contributed by atoms with E-state index in [1.807, 2.05) is 11.8 Å². The van der Waals surface area contributed by atoms with Crippen molar-refractivity contribution in [3.8, 4) is 0 Å². The highest BCUT2D eigenvalue weighted by atomic mass is 32.2. The number of hydrogen-bond acceptors (Lipinski definition) is 3. The Hall–Kier alpha value is -0.510. The van der Waals surface area contributed by atoms with Crippen molar-refractivity contribution in [3.63, 3.8) is 0 Å². The van der Waals surface area contributed by atoms with Crippen LogP contribution >= 0.6 is 11.8 Å². The maximum Gasteiger partial charge on any atom is 0.0304 e. The van der Waals surface area contributed by atoms with Gasteiger partial charge in [-0.15, -0.1) is 11.8 Å². The minimum absolute atomic E-state index is 0.424. The van der Waals surface area contributed by atoms with Crippen molar-refractivity contribution in [1.29, 1.82) is 0 Å². The molecule has 1 aromatic carbocycles. The van der Waals surface area contributed by atoms with Crippen LogP contribution in [0.2, 0.25) is 0 Å². The quantitative estimate of drug-likeness (QED) is 0.322. The topological polar surface area (TPSA) is 38.0 Å². The molecular formula is C14H24N2S. The fraction of sp³-hybridized carbons (Fsp3) is 0.571. The summed E-state index contributed by atoms with van der Waals surface area (Å²) in [7, 11) is 0. The molecule has 1 rings (SSSR count). The minimum Gasteiger partial charge on any atom is -0.271 e. The number of hydrazine groups is 1. The van der Waals surface area contributed by atoms with E-state index >= 15 is 0 Å². The molecule has 1 atom stereocenters. The van der Waals surface area contributed by atoms with E-state index < -0.39 is 0 Å². The Morgan fingerprint density at radius 2 is 1.94 bits per heavy atom. The van der Waals surface area contributed by atoms with Crippen LogP contribution in [0.25, 0.3) is 0 Å². The number of rotatable bonds is 8. The summed E-state index contributed by atoms with van der Waals surface area (Å²) in [5.41, 5.74) is 4.23. The fourth-order valence-corrected chi connectivity index (χ4v) is 2.67. The Morgan fingerprint density at radius 1 is 1.24 bits per heavy atom. The van der Waals surface area contributed by atoms with Crippen LogP contribution in [0, 0.1) is 6.92 Å². The van der Waals surface area contributed by atoms with Crippen molar-refractivity contribution in [2.24, 2.45) is 5.84 Å². The fourth-order valence-electron chi connectivity index (χ4n) is 1.69. The van der Waals surface area contributed by atoms with Gasteiger partial charge in [0, 0.05) is 16.7 Å². The highest BCUT2D eigenvalue weighted by molar-refractivity contribution is 7.99. The van der Waals surface area contributed by atoms with Crippen molar-refractivity contribution in [2.75, 3.05) is 5.75 Å². The molecule has 1 unspecified atom stereocenters. The van der Waals surface area contributed by atoms with Crippen LogP contribution in [0.5, 0.6) is 0 Å². The van der Waals surface area contributed by atoms with Gasteiger partial charge in [-0.2, -0.15) is 0 Å². The zero-order chi connectivity index (χ0) is 12.5. The van der Waals surface area contributed by atoms with Crippen LogP contribution in [-0.4, -0.2) is 11.8 Å². The summed E-state index contributed by atoms with van der Waals surface area (Å²) < 4.78 is 0. The number of thioether (sulfide) groups is 1. The summed E-state index contributed by atoms with van der Waals surface area (Å²) in [6.07, 6.45) is 5.00. The molecule has 0 radical (unpaired) electrons. The van der Waals surface area contributed by atoms with Gasteiger partial charge in [0.2, 0.25) is 0 Å². The van der Waals surface area contributed by atoms with E-state index in [0.29, 0.717) is 6.04 Å². The monoisotopic (exact) mass is 252 g/mol. The van der Waals surface area contributed by atoms with Crippen LogP contribution in [0.1, 0.15) is 38.2 Å². The summed E-state index contributed by atoms with van der Waals surface area (Å²) in [6.45, 7) is 4.34. The number of benzene rings is 1. The molecule has 1 aromatic rings. The minimum atomic E-state index is 0.424. The van der Waals surface area contributed by atoms with Gasteiger partial charge in [0.15, 0.2) is 0 Å². The maximum absolute atomic E-state index is 5.58. The van der Waals surface area contributed by atoms with Gasteiger partial charge in [-0.05, 0) is 25.5 Å². The van der Waals surface area contributed by atoms with Gasteiger partial charge in [0.1, 0.15) is 0 Å². The largest absolute Gasteiger partial charge is 0.271 e. The third-order valence-electron chi connectivity index (χ3n) is 2.86. The SMILES string of the molecule is CCCCCC(CSc1ccc(C)cc1)NN. The first kappa shape index (κ1) is 14.6. The predicted octanol–water partition coefficient (Wildman–Crippen LogP) is 3.50. The lowest BCUT2D eigenvalue weighted by Gasteiger charge is -2.15. The molecule has 0 fully saturated rings. The molecule has 0 saturated carbocycles. The Balaban J connectivity index is 2.29. The summed E-state index contributed by atoms with van der Waals surface area (Å²) in [6, 6.07) is 9.10. The molecule has 3 heteroatoms. The highest BCUT2D eigenvalue weighted by Gasteiger charge is 2.06. The molecule has 0 spiro atoms. The first-order valence-electron chi connectivity index (χ1n) is 6.42. The molecule has 0 saturated heterocycles. The van der Waals surface area contributed by atoms with Crippen LogP contribution in [-0.2, 0) is 0 Å². The third-order valence-corrected chi connectivity index (χ3v) is 4.04. The van der Waals surface area contributed by atoms with Crippen molar-refractivity contribution < 1.29 is 0 Å². The zero-order valence-electron chi connectivity index (χ0n) is 10.9. The molecule has 17 heavy (non-hydrogen) atoms. The second kappa shape index (κ2) is 8.56. The van der Waals surface area contributed by atoms with Crippen molar-refractivity contribution in [3.05, 3.63) is 29.8 Å². The van der Waals surface area contributed by atoms with Gasteiger partial charge >= 0.3 is 0 Å². The predicted molar refractivity (Wildman–Crippen MR) is 77.2 cm³/mol. The highest BCUT2D eigenvalue weighted by Crippen LogP contribution is 2.20. The molecular weight excluding hydrogens is 228 g/mol.